The van der Waals surface area contributed by atoms with Crippen LogP contribution in [0.25, 0.3) is 0 Å². The molecule has 1 aromatic heterocycles. The average molecular weight is 297 g/mol. The van der Waals surface area contributed by atoms with Crippen LogP contribution in [0.1, 0.15) is 18.7 Å². The smallest absolute Gasteiger partial charge is 0.229 e. The van der Waals surface area contributed by atoms with Crippen molar-refractivity contribution in [1.82, 2.24) is 4.98 Å². The summed E-state index contributed by atoms with van der Waals surface area (Å²) in [6, 6.07) is 7.19. The van der Waals surface area contributed by atoms with Gasteiger partial charge in [-0.2, -0.15) is 0 Å². The summed E-state index contributed by atoms with van der Waals surface area (Å²) >= 11 is 1.53. The fourth-order valence-corrected chi connectivity index (χ4v) is 2.87. The summed E-state index contributed by atoms with van der Waals surface area (Å²) in [5, 5.41) is 5.22. The predicted octanol–water partition coefficient (Wildman–Crippen LogP) is 2.69. The maximum Gasteiger partial charge on any atom is 0.229 e. The molecular weight excluding hydrogens is 282 g/mol. The lowest BCUT2D eigenvalue weighted by atomic mass is 10.2. The molecule has 1 heterocycles. The van der Waals surface area contributed by atoms with E-state index in [0.29, 0.717) is 5.69 Å². The molecule has 0 radical (unpaired) electrons. The first-order valence-electron chi connectivity index (χ1n) is 5.67. The van der Waals surface area contributed by atoms with Crippen LogP contribution in [-0.4, -0.2) is 19.7 Å². The number of aromatic nitrogens is 1. The van der Waals surface area contributed by atoms with Gasteiger partial charge in [-0.25, -0.2) is 13.4 Å². The van der Waals surface area contributed by atoms with E-state index < -0.39 is 10.0 Å². The van der Waals surface area contributed by atoms with Crippen LogP contribution < -0.4 is 10.0 Å². The van der Waals surface area contributed by atoms with Gasteiger partial charge in [-0.05, 0) is 19.1 Å². The quantitative estimate of drug-likeness (QED) is 0.890. The van der Waals surface area contributed by atoms with Gasteiger partial charge in [-0.3, -0.25) is 4.72 Å². The van der Waals surface area contributed by atoms with Crippen molar-refractivity contribution in [3.63, 3.8) is 0 Å². The summed E-state index contributed by atoms with van der Waals surface area (Å²) in [5.74, 6) is 0. The largest absolute Gasteiger partial charge is 0.375 e. The lowest BCUT2D eigenvalue weighted by molar-refractivity contribution is 0.607. The second-order valence-electron chi connectivity index (χ2n) is 4.20. The minimum absolute atomic E-state index is 0.00811. The Hall–Kier alpha value is -1.60. The number of rotatable bonds is 5. The Balaban J connectivity index is 2.21. The Bertz CT molecular complexity index is 639. The van der Waals surface area contributed by atoms with Crippen LogP contribution in [0.4, 0.5) is 11.4 Å². The van der Waals surface area contributed by atoms with E-state index in [1.54, 1.807) is 17.6 Å². The molecule has 0 aliphatic carbocycles. The van der Waals surface area contributed by atoms with Crippen molar-refractivity contribution in [2.75, 3.05) is 16.3 Å². The van der Waals surface area contributed by atoms with Crippen LogP contribution in [0.5, 0.6) is 0 Å². The summed E-state index contributed by atoms with van der Waals surface area (Å²) in [6.45, 7) is 1.98. The molecule has 2 N–H and O–H groups in total. The molecule has 2 rings (SSSR count). The molecule has 0 saturated heterocycles. The van der Waals surface area contributed by atoms with Crippen molar-refractivity contribution >= 4 is 32.7 Å². The molecule has 1 atom stereocenters. The van der Waals surface area contributed by atoms with Gasteiger partial charge in [0.15, 0.2) is 0 Å². The predicted molar refractivity (Wildman–Crippen MR) is 79.1 cm³/mol. The highest BCUT2D eigenvalue weighted by molar-refractivity contribution is 7.92. The van der Waals surface area contributed by atoms with Gasteiger partial charge in [-0.1, -0.05) is 12.1 Å². The van der Waals surface area contributed by atoms with Gasteiger partial charge in [-0.15, -0.1) is 11.3 Å². The zero-order valence-corrected chi connectivity index (χ0v) is 12.3. The number of sulfonamides is 1. The molecule has 2 aromatic rings. The Labute approximate surface area is 116 Å². The van der Waals surface area contributed by atoms with E-state index in [9.17, 15) is 8.42 Å². The number of para-hydroxylation sites is 2. The maximum atomic E-state index is 11.3. The van der Waals surface area contributed by atoms with Crippen molar-refractivity contribution in [3.8, 4) is 0 Å². The molecule has 0 amide bonds. The number of hydrogen-bond donors (Lipinski definition) is 2. The van der Waals surface area contributed by atoms with Crippen molar-refractivity contribution in [3.05, 3.63) is 40.8 Å². The molecular formula is C12H15N3O2S2. The zero-order valence-electron chi connectivity index (χ0n) is 10.6. The monoisotopic (exact) mass is 297 g/mol. The van der Waals surface area contributed by atoms with Crippen LogP contribution in [-0.2, 0) is 10.0 Å². The first-order valence-corrected chi connectivity index (χ1v) is 8.50. The van der Waals surface area contributed by atoms with Crippen LogP contribution >= 0.6 is 11.3 Å². The van der Waals surface area contributed by atoms with E-state index in [0.717, 1.165) is 17.6 Å². The van der Waals surface area contributed by atoms with Crippen LogP contribution in [0, 0.1) is 0 Å². The van der Waals surface area contributed by atoms with Crippen LogP contribution in [0.15, 0.2) is 35.2 Å². The zero-order chi connectivity index (χ0) is 13.9. The molecule has 0 fully saturated rings. The summed E-state index contributed by atoms with van der Waals surface area (Å²) < 4.78 is 25.1. The molecule has 0 spiro atoms. The van der Waals surface area contributed by atoms with Crippen LogP contribution in [0.2, 0.25) is 0 Å². The minimum atomic E-state index is -3.29. The van der Waals surface area contributed by atoms with Gasteiger partial charge in [0.1, 0.15) is 0 Å². The van der Waals surface area contributed by atoms with E-state index in [2.05, 4.69) is 15.0 Å². The highest BCUT2D eigenvalue weighted by atomic mass is 32.2. The maximum absolute atomic E-state index is 11.3. The Morgan fingerprint density at radius 1 is 1.26 bits per heavy atom. The van der Waals surface area contributed by atoms with Gasteiger partial charge in [0.25, 0.3) is 0 Å². The summed E-state index contributed by atoms with van der Waals surface area (Å²) in [4.78, 5) is 4.23. The lowest BCUT2D eigenvalue weighted by Gasteiger charge is -2.17. The highest BCUT2D eigenvalue weighted by Gasteiger charge is 2.11. The van der Waals surface area contributed by atoms with Gasteiger partial charge in [0.05, 0.1) is 34.9 Å². The molecule has 102 valence electrons. The number of nitrogens with zero attached hydrogens (tertiary/aromatic N) is 1. The van der Waals surface area contributed by atoms with Gasteiger partial charge >= 0.3 is 0 Å². The fraction of sp³-hybridized carbons (Fsp3) is 0.250. The molecule has 0 aliphatic rings. The topological polar surface area (TPSA) is 71.1 Å². The van der Waals surface area contributed by atoms with Gasteiger partial charge in [0, 0.05) is 5.38 Å². The van der Waals surface area contributed by atoms with Crippen molar-refractivity contribution in [2.45, 2.75) is 13.0 Å². The van der Waals surface area contributed by atoms with Crippen molar-refractivity contribution in [1.29, 1.82) is 0 Å². The van der Waals surface area contributed by atoms with Gasteiger partial charge in [0.2, 0.25) is 10.0 Å². The highest BCUT2D eigenvalue weighted by Crippen LogP contribution is 2.26. The third-order valence-corrected chi connectivity index (χ3v) is 3.68. The molecule has 19 heavy (non-hydrogen) atoms. The van der Waals surface area contributed by atoms with E-state index >= 15 is 0 Å². The number of benzene rings is 1. The molecule has 1 unspecified atom stereocenters. The molecule has 0 saturated carbocycles. The number of nitrogens with one attached hydrogen (secondary N) is 2. The molecule has 0 bridgehead atoms. The molecule has 7 heteroatoms. The van der Waals surface area contributed by atoms with E-state index in [1.807, 2.05) is 24.4 Å². The second-order valence-corrected chi connectivity index (χ2v) is 6.67. The fourth-order valence-electron chi connectivity index (χ4n) is 1.64. The third kappa shape index (κ3) is 3.93. The minimum Gasteiger partial charge on any atom is -0.375 e. The van der Waals surface area contributed by atoms with Crippen molar-refractivity contribution < 1.29 is 8.42 Å². The number of anilines is 2. The average Bonchev–Trinajstić information content (AvgIpc) is 2.83. The molecule has 5 nitrogen and oxygen atoms in total. The molecule has 1 aromatic carbocycles. The normalized spacial score (nSPS) is 12.9. The Kier molecular flexibility index (Phi) is 4.06. The Morgan fingerprint density at radius 3 is 2.53 bits per heavy atom. The lowest BCUT2D eigenvalue weighted by Crippen LogP contribution is -2.13. The number of hydrogen-bond acceptors (Lipinski definition) is 5. The van der Waals surface area contributed by atoms with E-state index in [4.69, 9.17) is 0 Å². The van der Waals surface area contributed by atoms with Crippen LogP contribution in [0.3, 0.4) is 0 Å². The first kappa shape index (κ1) is 13.8. The van der Waals surface area contributed by atoms with Gasteiger partial charge < -0.3 is 5.32 Å². The standard InChI is InChI=1S/C12H15N3O2S2/c1-9(12-7-18-8-13-12)14-10-5-3-4-6-11(10)15-19(2,16)17/h3-9,14-15H,1-2H3. The van der Waals surface area contributed by atoms with Crippen molar-refractivity contribution in [2.24, 2.45) is 0 Å². The third-order valence-electron chi connectivity index (χ3n) is 2.49. The summed E-state index contributed by atoms with van der Waals surface area (Å²) in [6.07, 6.45) is 1.13. The van der Waals surface area contributed by atoms with E-state index in [1.165, 1.54) is 11.3 Å². The number of thiazole rings is 1. The molecule has 0 aliphatic heterocycles. The first-order chi connectivity index (χ1) is 8.96. The SMILES string of the molecule is CC(Nc1ccccc1NS(C)(=O)=O)c1cscn1. The summed E-state index contributed by atoms with van der Waals surface area (Å²) in [5.41, 5.74) is 3.97. The van der Waals surface area contributed by atoms with E-state index in [-0.39, 0.29) is 6.04 Å². The Morgan fingerprint density at radius 2 is 1.95 bits per heavy atom. The summed E-state index contributed by atoms with van der Waals surface area (Å²) in [7, 11) is -3.29. The second kappa shape index (κ2) is 5.58.